The lowest BCUT2D eigenvalue weighted by Gasteiger charge is -2.47. The van der Waals surface area contributed by atoms with Crippen molar-refractivity contribution in [2.75, 3.05) is 52.9 Å². The minimum Gasteiger partial charge on any atom is -0.480 e. The van der Waals surface area contributed by atoms with Crippen LogP contribution in [0, 0.1) is 17.2 Å². The number of hydrogen-bond acceptors (Lipinski definition) is 5. The van der Waals surface area contributed by atoms with Crippen LogP contribution < -0.4 is 5.73 Å². The molecule has 5 amide bonds. The van der Waals surface area contributed by atoms with E-state index in [2.05, 4.69) is 12.1 Å². The number of carbonyl (C=O) groups is 4. The van der Waals surface area contributed by atoms with E-state index in [4.69, 9.17) is 11.1 Å². The Labute approximate surface area is 235 Å². The molecule has 3 saturated heterocycles. The molecule has 3 atom stereocenters. The topological polar surface area (TPSA) is 155 Å². The number of unbranched alkanes of at least 4 members (excludes halogenated alkanes) is 1. The second-order valence-electron chi connectivity index (χ2n) is 11.1. The smallest absolute Gasteiger partial charge is 0.327 e. The molecule has 4 rings (SSSR count). The van der Waals surface area contributed by atoms with Crippen molar-refractivity contribution in [3.05, 3.63) is 35.9 Å². The number of imide groups is 1. The fourth-order valence-electron chi connectivity index (χ4n) is 6.01. The average molecular weight is 556 g/mol. The predicted molar refractivity (Wildman–Crippen MR) is 149 cm³/mol. The first-order chi connectivity index (χ1) is 19.2. The van der Waals surface area contributed by atoms with Crippen molar-refractivity contribution >= 4 is 29.9 Å². The van der Waals surface area contributed by atoms with Gasteiger partial charge in [-0.3, -0.25) is 10.2 Å². The standard InChI is InChI=1S/C28H41N7O5/c1-31(12-6-5-10-20-8-3-2-4-9-20)27(39)32-14-16-33(17-15-32)28(40)35-23(25(37)38)22(24(35)36)18-21-11-7-13-34(19-21)26(29)30/h2-4,8-9,21-23H,5-7,10-19H2,1H3,(H3,29,30)(H,37,38)/t21-,22-,23?/m1/s1. The quantitative estimate of drug-likeness (QED) is 0.191. The van der Waals surface area contributed by atoms with Gasteiger partial charge in [-0.05, 0) is 50.0 Å². The van der Waals surface area contributed by atoms with Crippen LogP contribution in [0.1, 0.15) is 37.7 Å². The fourth-order valence-corrected chi connectivity index (χ4v) is 6.01. The van der Waals surface area contributed by atoms with Crippen molar-refractivity contribution in [2.45, 2.75) is 44.6 Å². The molecule has 1 aromatic rings. The minimum atomic E-state index is -1.20. The van der Waals surface area contributed by atoms with Crippen molar-refractivity contribution in [3.63, 3.8) is 0 Å². The number of piperidine rings is 1. The van der Waals surface area contributed by atoms with Crippen molar-refractivity contribution in [3.8, 4) is 0 Å². The minimum absolute atomic E-state index is 0.0249. The first kappa shape index (κ1) is 29.2. The number of nitrogens with two attached hydrogens (primary N) is 1. The summed E-state index contributed by atoms with van der Waals surface area (Å²) in [6.07, 6.45) is 4.83. The van der Waals surface area contributed by atoms with Gasteiger partial charge in [-0.2, -0.15) is 0 Å². The highest BCUT2D eigenvalue weighted by molar-refractivity contribution is 6.07. The third-order valence-corrected chi connectivity index (χ3v) is 8.32. The molecular weight excluding hydrogens is 514 g/mol. The molecule has 218 valence electrons. The average Bonchev–Trinajstić information content (AvgIpc) is 2.96. The van der Waals surface area contributed by atoms with E-state index in [1.165, 1.54) is 10.5 Å². The van der Waals surface area contributed by atoms with Gasteiger partial charge in [-0.15, -0.1) is 0 Å². The number of aliphatic carboxylic acids is 1. The highest BCUT2D eigenvalue weighted by Crippen LogP contribution is 2.36. The van der Waals surface area contributed by atoms with Crippen LogP contribution in [0.25, 0.3) is 0 Å². The van der Waals surface area contributed by atoms with Gasteiger partial charge in [0.25, 0.3) is 0 Å². The Morgan fingerprint density at radius 1 is 1.02 bits per heavy atom. The highest BCUT2D eigenvalue weighted by atomic mass is 16.4. The number of piperazine rings is 1. The van der Waals surface area contributed by atoms with E-state index < -0.39 is 29.9 Å². The van der Waals surface area contributed by atoms with Crippen molar-refractivity contribution < 1.29 is 24.3 Å². The number of benzene rings is 1. The number of aryl methyl sites for hydroxylation is 1. The second-order valence-corrected chi connectivity index (χ2v) is 11.1. The summed E-state index contributed by atoms with van der Waals surface area (Å²) in [5, 5.41) is 17.5. The van der Waals surface area contributed by atoms with Gasteiger partial charge >= 0.3 is 18.0 Å². The number of carbonyl (C=O) groups excluding carboxylic acids is 3. The second kappa shape index (κ2) is 13.0. The molecule has 0 aliphatic carbocycles. The zero-order valence-corrected chi connectivity index (χ0v) is 23.2. The maximum atomic E-state index is 13.2. The zero-order valence-electron chi connectivity index (χ0n) is 23.2. The molecule has 0 radical (unpaired) electrons. The lowest BCUT2D eigenvalue weighted by atomic mass is 9.78. The SMILES string of the molecule is CN(CCCCc1ccccc1)C(=O)N1CCN(C(=O)N2C(=O)[C@H](C[C@H]3CCCN(C(=N)N)C3)C2C(=O)O)CC1. The van der Waals surface area contributed by atoms with Gasteiger partial charge < -0.3 is 30.4 Å². The number of hydrogen-bond donors (Lipinski definition) is 3. The monoisotopic (exact) mass is 555 g/mol. The summed E-state index contributed by atoms with van der Waals surface area (Å²) in [5.74, 6) is -2.42. The van der Waals surface area contributed by atoms with Crippen molar-refractivity contribution in [1.82, 2.24) is 24.5 Å². The first-order valence-electron chi connectivity index (χ1n) is 14.1. The normalized spacial score (nSPS) is 23.0. The number of guanidine groups is 1. The van der Waals surface area contributed by atoms with Crippen molar-refractivity contribution in [2.24, 2.45) is 17.6 Å². The van der Waals surface area contributed by atoms with Gasteiger partial charge in [0.1, 0.15) is 0 Å². The number of carboxylic acid groups (broad SMARTS) is 1. The molecule has 12 heteroatoms. The van der Waals surface area contributed by atoms with E-state index >= 15 is 0 Å². The van der Waals surface area contributed by atoms with Gasteiger partial charge in [0, 0.05) is 52.9 Å². The zero-order chi connectivity index (χ0) is 28.8. The van der Waals surface area contributed by atoms with Gasteiger partial charge in [0.05, 0.1) is 5.92 Å². The molecular formula is C28H41N7O5. The molecule has 4 N–H and O–H groups in total. The van der Waals surface area contributed by atoms with Crippen LogP contribution in [-0.2, 0) is 16.0 Å². The number of rotatable bonds is 8. The molecule has 1 unspecified atom stereocenters. The Hall–Kier alpha value is -3.83. The molecule has 1 aromatic carbocycles. The summed E-state index contributed by atoms with van der Waals surface area (Å²) in [6.45, 7) is 2.95. The van der Waals surface area contributed by atoms with Crippen LogP contribution in [0.15, 0.2) is 30.3 Å². The summed E-state index contributed by atoms with van der Waals surface area (Å²) in [4.78, 5) is 58.6. The van der Waals surface area contributed by atoms with Gasteiger partial charge in [0.2, 0.25) is 5.91 Å². The van der Waals surface area contributed by atoms with Crippen LogP contribution in [0.2, 0.25) is 0 Å². The van der Waals surface area contributed by atoms with E-state index in [1.54, 1.807) is 21.7 Å². The van der Waals surface area contributed by atoms with Gasteiger partial charge in [0.15, 0.2) is 12.0 Å². The summed E-state index contributed by atoms with van der Waals surface area (Å²) in [5.41, 5.74) is 6.89. The molecule has 3 fully saturated rings. The first-order valence-corrected chi connectivity index (χ1v) is 14.1. The maximum absolute atomic E-state index is 13.2. The number of β-lactam (4-membered cyclic amide) rings is 1. The summed E-state index contributed by atoms with van der Waals surface area (Å²) in [6, 6.07) is 8.34. The van der Waals surface area contributed by atoms with Crippen LogP contribution in [0.3, 0.4) is 0 Å². The third-order valence-electron chi connectivity index (χ3n) is 8.32. The maximum Gasteiger partial charge on any atom is 0.327 e. The summed E-state index contributed by atoms with van der Waals surface area (Å²) >= 11 is 0. The molecule has 3 heterocycles. The van der Waals surface area contributed by atoms with E-state index in [0.29, 0.717) is 39.1 Å². The third kappa shape index (κ3) is 6.65. The predicted octanol–water partition coefficient (Wildman–Crippen LogP) is 1.71. The Morgan fingerprint density at radius 3 is 2.35 bits per heavy atom. The van der Waals surface area contributed by atoms with E-state index in [0.717, 1.165) is 37.0 Å². The largest absolute Gasteiger partial charge is 0.480 e. The Kier molecular flexibility index (Phi) is 9.49. The lowest BCUT2D eigenvalue weighted by molar-refractivity contribution is -0.167. The molecule has 3 aliphatic rings. The number of amides is 5. The molecule has 0 spiro atoms. The fraction of sp³-hybridized carbons (Fsp3) is 0.607. The molecule has 0 bridgehead atoms. The van der Waals surface area contributed by atoms with Gasteiger partial charge in [-0.1, -0.05) is 30.3 Å². The van der Waals surface area contributed by atoms with Crippen molar-refractivity contribution in [1.29, 1.82) is 5.41 Å². The number of nitrogens with one attached hydrogen (secondary N) is 1. The summed E-state index contributed by atoms with van der Waals surface area (Å²) < 4.78 is 0. The number of urea groups is 2. The highest BCUT2D eigenvalue weighted by Gasteiger charge is 2.56. The van der Waals surface area contributed by atoms with E-state index in [1.807, 2.05) is 18.2 Å². The number of nitrogens with zero attached hydrogens (tertiary/aromatic N) is 5. The van der Waals surface area contributed by atoms with E-state index in [9.17, 15) is 24.3 Å². The van der Waals surface area contributed by atoms with Gasteiger partial charge in [-0.25, -0.2) is 19.3 Å². The molecule has 40 heavy (non-hydrogen) atoms. The van der Waals surface area contributed by atoms with Crippen LogP contribution >= 0.6 is 0 Å². The Bertz CT molecular complexity index is 1090. The molecule has 0 aromatic heterocycles. The van der Waals surface area contributed by atoms with Crippen LogP contribution in [0.5, 0.6) is 0 Å². The number of likely N-dealkylation sites (tertiary alicyclic amines) is 2. The van der Waals surface area contributed by atoms with Crippen LogP contribution in [0.4, 0.5) is 9.59 Å². The summed E-state index contributed by atoms with van der Waals surface area (Å²) in [7, 11) is 1.78. The lowest BCUT2D eigenvalue weighted by Crippen LogP contribution is -2.70. The molecule has 12 nitrogen and oxygen atoms in total. The number of carboxylic acids is 1. The Morgan fingerprint density at radius 2 is 1.70 bits per heavy atom. The Balaban J connectivity index is 1.23. The van der Waals surface area contributed by atoms with Crippen LogP contribution in [-0.4, -0.2) is 118 Å². The molecule has 3 aliphatic heterocycles. The molecule has 0 saturated carbocycles. The van der Waals surface area contributed by atoms with E-state index in [-0.39, 0.29) is 31.0 Å².